The van der Waals surface area contributed by atoms with Crippen LogP contribution in [0.2, 0.25) is 0 Å². The van der Waals surface area contributed by atoms with Gasteiger partial charge in [-0.3, -0.25) is 0 Å². The minimum atomic E-state index is -4.35. The van der Waals surface area contributed by atoms with E-state index in [0.717, 1.165) is 18.7 Å². The van der Waals surface area contributed by atoms with E-state index in [4.69, 9.17) is 10.5 Å². The van der Waals surface area contributed by atoms with E-state index in [1.807, 2.05) is 0 Å². The van der Waals surface area contributed by atoms with Crippen LogP contribution in [0.15, 0.2) is 18.5 Å². The van der Waals surface area contributed by atoms with Crippen molar-refractivity contribution in [3.05, 3.63) is 29.7 Å². The number of hydrogen-bond acceptors (Lipinski definition) is 5. The minimum Gasteiger partial charge on any atom is -0.382 e. The van der Waals surface area contributed by atoms with Crippen molar-refractivity contribution in [2.24, 2.45) is 11.1 Å². The Hall–Kier alpha value is -2.54. The predicted molar refractivity (Wildman–Crippen MR) is 109 cm³/mol. The molecule has 0 unspecified atom stereocenters. The molecule has 2 aromatic heterocycles. The van der Waals surface area contributed by atoms with Gasteiger partial charge in [0.05, 0.1) is 49.2 Å². The van der Waals surface area contributed by atoms with Gasteiger partial charge in [-0.25, -0.2) is 23.1 Å². The Labute approximate surface area is 187 Å². The zero-order valence-electron chi connectivity index (χ0n) is 18.5. The number of hydrogen-bond donors (Lipinski definition) is 2. The van der Waals surface area contributed by atoms with Gasteiger partial charge in [0.15, 0.2) is 5.65 Å². The average molecular weight is 478 g/mol. The molecule has 0 spiro atoms. The van der Waals surface area contributed by atoms with Gasteiger partial charge < -0.3 is 20.7 Å². The Kier molecular flexibility index (Phi) is 6.85. The van der Waals surface area contributed by atoms with Gasteiger partial charge in [-0.1, -0.05) is 13.8 Å². The van der Waals surface area contributed by atoms with Crippen LogP contribution in [0.1, 0.15) is 50.0 Å². The molecule has 1 saturated heterocycles. The number of fused-ring (bicyclic) bond motifs is 1. The fraction of sp³-hybridized carbons (Fsp3) is 0.650. The quantitative estimate of drug-likeness (QED) is 0.567. The number of nitrogens with one attached hydrogen (secondary N) is 1. The highest BCUT2D eigenvalue weighted by Gasteiger charge is 2.47. The third kappa shape index (κ3) is 5.52. The molecule has 1 aliphatic rings. The summed E-state index contributed by atoms with van der Waals surface area (Å²) < 4.78 is 73.7. The molecule has 2 amide bonds. The second-order valence-corrected chi connectivity index (χ2v) is 8.90. The molecule has 2 atom stereocenters. The SMILES string of the molecule is COC[C@H](c1cnn2cc([C@@H](N)CCC(C)(C)C(F)(F)F)nc2c1)N1CC(F)(F)CNC1=O. The van der Waals surface area contributed by atoms with E-state index < -0.39 is 48.7 Å². The van der Waals surface area contributed by atoms with Crippen LogP contribution >= 0.6 is 0 Å². The van der Waals surface area contributed by atoms with Crippen molar-refractivity contribution < 1.29 is 31.5 Å². The lowest BCUT2D eigenvalue weighted by Gasteiger charge is -2.38. The van der Waals surface area contributed by atoms with E-state index in [2.05, 4.69) is 15.4 Å². The molecule has 1 fully saturated rings. The van der Waals surface area contributed by atoms with Crippen LogP contribution in [0.5, 0.6) is 0 Å². The lowest BCUT2D eigenvalue weighted by atomic mass is 9.85. The smallest absolute Gasteiger partial charge is 0.382 e. The number of alkyl halides is 5. The molecule has 3 heterocycles. The van der Waals surface area contributed by atoms with E-state index in [1.165, 1.54) is 24.0 Å². The minimum absolute atomic E-state index is 0.0541. The van der Waals surface area contributed by atoms with E-state index >= 15 is 0 Å². The fourth-order valence-corrected chi connectivity index (χ4v) is 3.54. The van der Waals surface area contributed by atoms with Crippen molar-refractivity contribution in [2.75, 3.05) is 26.8 Å². The van der Waals surface area contributed by atoms with Crippen molar-refractivity contribution in [2.45, 2.75) is 50.9 Å². The van der Waals surface area contributed by atoms with Gasteiger partial charge in [-0.05, 0) is 18.9 Å². The predicted octanol–water partition coefficient (Wildman–Crippen LogP) is 3.45. The summed E-state index contributed by atoms with van der Waals surface area (Å²) in [7, 11) is 1.38. The van der Waals surface area contributed by atoms with Crippen LogP contribution in [-0.2, 0) is 4.74 Å². The average Bonchev–Trinajstić information content (AvgIpc) is 3.15. The summed E-state index contributed by atoms with van der Waals surface area (Å²) in [6, 6.07) is -0.688. The maximum absolute atomic E-state index is 13.9. The topological polar surface area (TPSA) is 97.8 Å². The highest BCUT2D eigenvalue weighted by Crippen LogP contribution is 2.42. The molecule has 33 heavy (non-hydrogen) atoms. The molecule has 0 radical (unpaired) electrons. The monoisotopic (exact) mass is 478 g/mol. The maximum atomic E-state index is 13.9. The highest BCUT2D eigenvalue weighted by atomic mass is 19.4. The zero-order valence-corrected chi connectivity index (χ0v) is 18.5. The Morgan fingerprint density at radius 3 is 2.67 bits per heavy atom. The summed E-state index contributed by atoms with van der Waals surface area (Å²) in [5, 5.41) is 6.38. The molecule has 0 aromatic carbocycles. The number of rotatable bonds is 8. The number of methoxy groups -OCH3 is 1. The number of ether oxygens (including phenoxy) is 1. The number of imidazole rings is 1. The van der Waals surface area contributed by atoms with Crippen molar-refractivity contribution in [3.63, 3.8) is 0 Å². The summed E-state index contributed by atoms with van der Waals surface area (Å²) >= 11 is 0. The van der Waals surface area contributed by atoms with Gasteiger partial charge in [-0.15, -0.1) is 0 Å². The number of nitrogens with zero attached hydrogens (tertiary/aromatic N) is 4. The molecule has 13 heteroatoms. The maximum Gasteiger partial charge on any atom is 0.393 e. The highest BCUT2D eigenvalue weighted by molar-refractivity contribution is 5.76. The largest absolute Gasteiger partial charge is 0.393 e. The van der Waals surface area contributed by atoms with Crippen molar-refractivity contribution in [1.82, 2.24) is 24.8 Å². The first kappa shape index (κ1) is 25.1. The Bertz CT molecular complexity index is 993. The molecule has 184 valence electrons. The summed E-state index contributed by atoms with van der Waals surface area (Å²) in [4.78, 5) is 17.6. The van der Waals surface area contributed by atoms with Crippen molar-refractivity contribution in [3.8, 4) is 0 Å². The van der Waals surface area contributed by atoms with Gasteiger partial charge in [0, 0.05) is 18.7 Å². The number of carbonyl (C=O) groups is 1. The van der Waals surface area contributed by atoms with Crippen LogP contribution in [-0.4, -0.2) is 64.4 Å². The normalized spacial score (nSPS) is 18.9. The molecule has 3 rings (SSSR count). The summed E-state index contributed by atoms with van der Waals surface area (Å²) in [5.74, 6) is -3.10. The number of carbonyl (C=O) groups excluding carboxylic acids is 1. The summed E-state index contributed by atoms with van der Waals surface area (Å²) in [6.07, 6.45) is -1.56. The first-order chi connectivity index (χ1) is 15.2. The zero-order chi connectivity index (χ0) is 24.6. The molecule has 0 saturated carbocycles. The second kappa shape index (κ2) is 9.01. The van der Waals surface area contributed by atoms with Crippen molar-refractivity contribution >= 4 is 11.7 Å². The van der Waals surface area contributed by atoms with Gasteiger partial charge >= 0.3 is 12.2 Å². The van der Waals surface area contributed by atoms with Crippen LogP contribution in [0.25, 0.3) is 5.65 Å². The van der Waals surface area contributed by atoms with Crippen LogP contribution in [0.3, 0.4) is 0 Å². The molecule has 3 N–H and O–H groups in total. The molecular weight excluding hydrogens is 451 g/mol. The molecular formula is C20H27F5N6O2. The summed E-state index contributed by atoms with van der Waals surface area (Å²) in [5.41, 5.74) is 5.28. The van der Waals surface area contributed by atoms with Crippen molar-refractivity contribution in [1.29, 1.82) is 0 Å². The second-order valence-electron chi connectivity index (χ2n) is 8.90. The van der Waals surface area contributed by atoms with E-state index in [9.17, 15) is 26.7 Å². The standard InChI is InChI=1S/C20H27F5N6O2/c1-18(2,20(23,24)25)5-4-13(26)14-8-31-16(29-14)6-12(7-28-31)15(9-33-3)30-11-19(21,22)10-27-17(30)32/h6-8,13,15H,4-5,9-11,26H2,1-3H3,(H,27,32)/t13-,15+/m0/s1. The molecule has 0 aliphatic carbocycles. The fourth-order valence-electron chi connectivity index (χ4n) is 3.54. The Morgan fingerprint density at radius 2 is 2.03 bits per heavy atom. The van der Waals surface area contributed by atoms with Crippen LogP contribution < -0.4 is 11.1 Å². The number of halogens is 5. The number of amides is 2. The molecule has 0 bridgehead atoms. The lowest BCUT2D eigenvalue weighted by Crippen LogP contribution is -2.58. The van der Waals surface area contributed by atoms with E-state index in [0.29, 0.717) is 16.9 Å². The molecule has 2 aromatic rings. The van der Waals surface area contributed by atoms with Gasteiger partial charge in [0.2, 0.25) is 0 Å². The third-order valence-corrected chi connectivity index (χ3v) is 5.83. The van der Waals surface area contributed by atoms with Gasteiger partial charge in [0.1, 0.15) is 0 Å². The van der Waals surface area contributed by atoms with Gasteiger partial charge in [-0.2, -0.15) is 18.3 Å². The molecule has 1 aliphatic heterocycles. The molecule has 8 nitrogen and oxygen atoms in total. The third-order valence-electron chi connectivity index (χ3n) is 5.83. The lowest BCUT2D eigenvalue weighted by molar-refractivity contribution is -0.214. The first-order valence-corrected chi connectivity index (χ1v) is 10.3. The van der Waals surface area contributed by atoms with E-state index in [-0.39, 0.29) is 19.4 Å². The van der Waals surface area contributed by atoms with Crippen LogP contribution in [0, 0.1) is 5.41 Å². The van der Waals surface area contributed by atoms with Gasteiger partial charge in [0.25, 0.3) is 5.92 Å². The Morgan fingerprint density at radius 1 is 1.33 bits per heavy atom. The first-order valence-electron chi connectivity index (χ1n) is 10.3. The number of nitrogens with two attached hydrogens (primary N) is 1. The van der Waals surface area contributed by atoms with E-state index in [1.54, 1.807) is 6.07 Å². The summed E-state index contributed by atoms with van der Waals surface area (Å²) in [6.45, 7) is 0.658. The number of urea groups is 1. The van der Waals surface area contributed by atoms with Crippen LogP contribution in [0.4, 0.5) is 26.7 Å². The number of aromatic nitrogens is 3. The Balaban J connectivity index is 1.82.